The van der Waals surface area contributed by atoms with Crippen LogP contribution in [0.15, 0.2) is 12.1 Å². The SMILES string of the molecule is CCN1CCN(C(=O)c2ccc(C#CCO)s2)CC1C. The summed E-state index contributed by atoms with van der Waals surface area (Å²) >= 11 is 1.39. The van der Waals surface area contributed by atoms with Gasteiger partial charge in [0.1, 0.15) is 6.61 Å². The first-order valence-corrected chi connectivity index (χ1v) is 7.70. The van der Waals surface area contributed by atoms with Gasteiger partial charge < -0.3 is 10.0 Å². The van der Waals surface area contributed by atoms with E-state index in [2.05, 4.69) is 30.6 Å². The minimum Gasteiger partial charge on any atom is -0.384 e. The molecule has 5 heteroatoms. The molecule has 4 nitrogen and oxygen atoms in total. The van der Waals surface area contributed by atoms with E-state index < -0.39 is 0 Å². The molecule has 0 aliphatic carbocycles. The first-order chi connectivity index (χ1) is 9.65. The molecule has 20 heavy (non-hydrogen) atoms. The number of likely N-dealkylation sites (N-methyl/N-ethyl adjacent to an activating group) is 1. The first kappa shape index (κ1) is 15.0. The van der Waals surface area contributed by atoms with E-state index in [4.69, 9.17) is 5.11 Å². The highest BCUT2D eigenvalue weighted by atomic mass is 32.1. The largest absolute Gasteiger partial charge is 0.384 e. The molecule has 0 radical (unpaired) electrons. The number of nitrogens with zero attached hydrogens (tertiary/aromatic N) is 2. The number of hydrogen-bond acceptors (Lipinski definition) is 4. The predicted octanol–water partition coefficient (Wildman–Crippen LogP) is 1.26. The Kier molecular flexibility index (Phi) is 5.18. The lowest BCUT2D eigenvalue weighted by Gasteiger charge is -2.39. The number of carbonyl (C=O) groups excluding carboxylic acids is 1. The van der Waals surface area contributed by atoms with Crippen molar-refractivity contribution in [3.8, 4) is 11.8 Å². The molecule has 1 atom stereocenters. The van der Waals surface area contributed by atoms with Crippen LogP contribution in [0.2, 0.25) is 0 Å². The quantitative estimate of drug-likeness (QED) is 0.835. The highest BCUT2D eigenvalue weighted by Crippen LogP contribution is 2.19. The van der Waals surface area contributed by atoms with Crippen molar-refractivity contribution in [1.82, 2.24) is 9.80 Å². The number of thiophene rings is 1. The van der Waals surface area contributed by atoms with Crippen molar-refractivity contribution in [3.05, 3.63) is 21.9 Å². The summed E-state index contributed by atoms with van der Waals surface area (Å²) in [6.07, 6.45) is 0. The van der Waals surface area contributed by atoms with Crippen LogP contribution >= 0.6 is 11.3 Å². The van der Waals surface area contributed by atoms with Gasteiger partial charge in [-0.15, -0.1) is 11.3 Å². The van der Waals surface area contributed by atoms with Crippen LogP contribution in [0.5, 0.6) is 0 Å². The lowest BCUT2D eigenvalue weighted by Crippen LogP contribution is -2.53. The second-order valence-electron chi connectivity index (χ2n) is 4.85. The fraction of sp³-hybridized carbons (Fsp3) is 0.533. The maximum absolute atomic E-state index is 12.4. The molecule has 1 saturated heterocycles. The van der Waals surface area contributed by atoms with Crippen LogP contribution in [0, 0.1) is 11.8 Å². The minimum absolute atomic E-state index is 0.0923. The summed E-state index contributed by atoms with van der Waals surface area (Å²) in [6, 6.07) is 4.07. The number of rotatable bonds is 2. The summed E-state index contributed by atoms with van der Waals surface area (Å²) in [5.74, 6) is 5.53. The maximum atomic E-state index is 12.4. The molecule has 1 N–H and O–H groups in total. The predicted molar refractivity (Wildman–Crippen MR) is 80.9 cm³/mol. The van der Waals surface area contributed by atoms with E-state index in [-0.39, 0.29) is 12.5 Å². The third-order valence-corrected chi connectivity index (χ3v) is 4.55. The number of aliphatic hydroxyl groups is 1. The Balaban J connectivity index is 2.03. The summed E-state index contributed by atoms with van der Waals surface area (Å²) < 4.78 is 0. The Hall–Kier alpha value is -1.35. The Labute approximate surface area is 124 Å². The molecule has 1 aromatic heterocycles. The van der Waals surface area contributed by atoms with Crippen LogP contribution in [0.3, 0.4) is 0 Å². The summed E-state index contributed by atoms with van der Waals surface area (Å²) in [5.41, 5.74) is 0. The number of aliphatic hydroxyl groups excluding tert-OH is 1. The zero-order chi connectivity index (χ0) is 14.5. The highest BCUT2D eigenvalue weighted by molar-refractivity contribution is 7.14. The van der Waals surface area contributed by atoms with Crippen molar-refractivity contribution in [3.63, 3.8) is 0 Å². The number of hydrogen-bond donors (Lipinski definition) is 1. The second kappa shape index (κ2) is 6.89. The summed E-state index contributed by atoms with van der Waals surface area (Å²) in [7, 11) is 0. The molecule has 0 aromatic carbocycles. The van der Waals surface area contributed by atoms with E-state index in [1.165, 1.54) is 11.3 Å². The average Bonchev–Trinajstić information content (AvgIpc) is 2.93. The Morgan fingerprint density at radius 1 is 1.50 bits per heavy atom. The molecule has 1 aliphatic heterocycles. The van der Waals surface area contributed by atoms with Crippen molar-refractivity contribution < 1.29 is 9.90 Å². The summed E-state index contributed by atoms with van der Waals surface area (Å²) in [6.45, 7) is 7.69. The Morgan fingerprint density at radius 2 is 2.30 bits per heavy atom. The molecular formula is C15H20N2O2S. The smallest absolute Gasteiger partial charge is 0.264 e. The van der Waals surface area contributed by atoms with Gasteiger partial charge in [0.05, 0.1) is 9.75 Å². The number of piperazine rings is 1. The molecule has 1 amide bonds. The lowest BCUT2D eigenvalue weighted by molar-refractivity contribution is 0.0533. The van der Waals surface area contributed by atoms with Gasteiger partial charge in [-0.25, -0.2) is 0 Å². The standard InChI is InChI=1S/C15H20N2O2S/c1-3-16-8-9-17(11-12(16)2)15(19)14-7-6-13(20-14)5-4-10-18/h6-7,12,18H,3,8-11H2,1-2H3. The fourth-order valence-electron chi connectivity index (χ4n) is 2.45. The summed E-state index contributed by atoms with van der Waals surface area (Å²) in [4.78, 5) is 18.3. The van der Waals surface area contributed by atoms with Crippen molar-refractivity contribution >= 4 is 17.2 Å². The molecule has 0 saturated carbocycles. The molecular weight excluding hydrogens is 272 g/mol. The molecule has 2 rings (SSSR count). The van der Waals surface area contributed by atoms with Crippen LogP contribution in [0.1, 0.15) is 28.4 Å². The molecule has 2 heterocycles. The maximum Gasteiger partial charge on any atom is 0.264 e. The molecule has 0 spiro atoms. The van der Waals surface area contributed by atoms with E-state index in [0.717, 1.165) is 35.9 Å². The van der Waals surface area contributed by atoms with E-state index in [1.807, 2.05) is 17.0 Å². The average molecular weight is 292 g/mol. The van der Waals surface area contributed by atoms with E-state index in [9.17, 15) is 4.79 Å². The lowest BCUT2D eigenvalue weighted by atomic mass is 10.2. The monoisotopic (exact) mass is 292 g/mol. The zero-order valence-corrected chi connectivity index (χ0v) is 12.7. The van der Waals surface area contributed by atoms with Crippen LogP contribution in [-0.4, -0.2) is 59.6 Å². The van der Waals surface area contributed by atoms with Gasteiger partial charge in [-0.2, -0.15) is 0 Å². The molecule has 1 aliphatic rings. The Morgan fingerprint density at radius 3 is 2.95 bits per heavy atom. The number of carbonyl (C=O) groups is 1. The van der Waals surface area contributed by atoms with Crippen molar-refractivity contribution in [1.29, 1.82) is 0 Å². The minimum atomic E-state index is -0.155. The van der Waals surface area contributed by atoms with Crippen LogP contribution in [0.4, 0.5) is 0 Å². The van der Waals surface area contributed by atoms with E-state index in [1.54, 1.807) is 0 Å². The van der Waals surface area contributed by atoms with Gasteiger partial charge >= 0.3 is 0 Å². The van der Waals surface area contributed by atoms with Gasteiger partial charge in [0.15, 0.2) is 0 Å². The van der Waals surface area contributed by atoms with Gasteiger partial charge in [0.2, 0.25) is 0 Å². The highest BCUT2D eigenvalue weighted by Gasteiger charge is 2.26. The van der Waals surface area contributed by atoms with Crippen molar-refractivity contribution in [2.45, 2.75) is 19.9 Å². The number of amides is 1. The summed E-state index contributed by atoms with van der Waals surface area (Å²) in [5, 5.41) is 8.68. The van der Waals surface area contributed by atoms with Gasteiger partial charge in [-0.1, -0.05) is 18.8 Å². The van der Waals surface area contributed by atoms with Crippen LogP contribution in [-0.2, 0) is 0 Å². The van der Waals surface area contributed by atoms with Gasteiger partial charge in [-0.05, 0) is 25.6 Å². The molecule has 108 valence electrons. The van der Waals surface area contributed by atoms with Gasteiger partial charge in [0.25, 0.3) is 5.91 Å². The van der Waals surface area contributed by atoms with Crippen molar-refractivity contribution in [2.24, 2.45) is 0 Å². The molecule has 0 bridgehead atoms. The van der Waals surface area contributed by atoms with Gasteiger partial charge in [0, 0.05) is 25.7 Å². The second-order valence-corrected chi connectivity index (χ2v) is 5.94. The normalized spacial score (nSPS) is 19.6. The topological polar surface area (TPSA) is 43.8 Å². The zero-order valence-electron chi connectivity index (χ0n) is 11.9. The Bertz CT molecular complexity index is 529. The molecule has 1 fully saturated rings. The molecule has 1 unspecified atom stereocenters. The van der Waals surface area contributed by atoms with Crippen LogP contribution < -0.4 is 0 Å². The van der Waals surface area contributed by atoms with E-state index in [0.29, 0.717) is 6.04 Å². The van der Waals surface area contributed by atoms with E-state index >= 15 is 0 Å². The fourth-order valence-corrected chi connectivity index (χ4v) is 3.30. The third-order valence-electron chi connectivity index (χ3n) is 3.57. The van der Waals surface area contributed by atoms with Crippen LogP contribution in [0.25, 0.3) is 0 Å². The molecule has 1 aromatic rings. The third kappa shape index (κ3) is 3.40. The first-order valence-electron chi connectivity index (χ1n) is 6.88. The van der Waals surface area contributed by atoms with Gasteiger partial charge in [-0.3, -0.25) is 9.69 Å². The van der Waals surface area contributed by atoms with Crippen molar-refractivity contribution in [2.75, 3.05) is 32.8 Å².